The molecule has 0 aromatic rings. The van der Waals surface area contributed by atoms with Gasteiger partial charge >= 0.3 is 12.1 Å². The van der Waals surface area contributed by atoms with E-state index in [-0.39, 0.29) is 0 Å². The van der Waals surface area contributed by atoms with Crippen LogP contribution in [0.5, 0.6) is 0 Å². The third-order valence-corrected chi connectivity index (χ3v) is 1.27. The molecule has 0 aromatic heterocycles. The van der Waals surface area contributed by atoms with Crippen molar-refractivity contribution in [1.29, 1.82) is 0 Å². The Morgan fingerprint density at radius 2 is 2.18 bits per heavy atom. The number of nitrogens with zero attached hydrogens (tertiary/aromatic N) is 1. The smallest absolute Gasteiger partial charge is 0.330 e. The summed E-state index contributed by atoms with van der Waals surface area (Å²) in [6.07, 6.45) is -3.06. The van der Waals surface area contributed by atoms with Gasteiger partial charge in [-0.1, -0.05) is 0 Å². The van der Waals surface area contributed by atoms with Gasteiger partial charge in [-0.25, -0.2) is 14.5 Å². The van der Waals surface area contributed by atoms with E-state index in [1.54, 1.807) is 0 Å². The molecular formula is C4H7N3O4. The lowest BCUT2D eigenvalue weighted by atomic mass is 10.5. The van der Waals surface area contributed by atoms with Gasteiger partial charge in [0.2, 0.25) is 0 Å². The van der Waals surface area contributed by atoms with Gasteiger partial charge in [-0.3, -0.25) is 0 Å². The summed E-state index contributed by atoms with van der Waals surface area (Å²) in [5, 5.41) is 19.5. The van der Waals surface area contributed by atoms with Crippen LogP contribution in [0.25, 0.3) is 0 Å². The minimum atomic E-state index is -1.60. The number of carbonyl (C=O) groups is 2. The standard InChI is InChI=1S/C4H7N3O4/c5-3(10)7-2(9)1(8)6-4(7)11/h1-2,8-9H,(H2,5,10)(H,6,11)/t1-,2+/m0/s1. The molecule has 0 unspecified atom stereocenters. The highest BCUT2D eigenvalue weighted by atomic mass is 16.4. The molecule has 2 atom stereocenters. The number of urea groups is 2. The van der Waals surface area contributed by atoms with Gasteiger partial charge in [0.1, 0.15) is 0 Å². The summed E-state index contributed by atoms with van der Waals surface area (Å²) in [4.78, 5) is 21.3. The normalized spacial score (nSPS) is 30.4. The zero-order chi connectivity index (χ0) is 8.59. The molecule has 1 fully saturated rings. The predicted molar refractivity (Wildman–Crippen MR) is 32.0 cm³/mol. The number of amides is 4. The number of hydrogen-bond acceptors (Lipinski definition) is 4. The highest BCUT2D eigenvalue weighted by molar-refractivity contribution is 5.94. The summed E-state index contributed by atoms with van der Waals surface area (Å²) < 4.78 is 0. The maximum atomic E-state index is 10.6. The number of primary amides is 1. The van der Waals surface area contributed by atoms with Gasteiger partial charge in [-0.05, 0) is 0 Å². The first kappa shape index (κ1) is 7.76. The second-order valence-electron chi connectivity index (χ2n) is 2.02. The zero-order valence-corrected chi connectivity index (χ0v) is 5.39. The number of aliphatic hydroxyl groups excluding tert-OH is 2. The van der Waals surface area contributed by atoms with E-state index in [4.69, 9.17) is 15.9 Å². The fourth-order valence-corrected chi connectivity index (χ4v) is 0.762. The van der Waals surface area contributed by atoms with E-state index in [1.165, 1.54) is 0 Å². The van der Waals surface area contributed by atoms with E-state index in [0.717, 1.165) is 0 Å². The van der Waals surface area contributed by atoms with Crippen molar-refractivity contribution in [3.63, 3.8) is 0 Å². The third-order valence-electron chi connectivity index (χ3n) is 1.27. The highest BCUT2D eigenvalue weighted by Gasteiger charge is 2.40. The molecule has 1 aliphatic rings. The number of carbonyl (C=O) groups excluding carboxylic acids is 2. The highest BCUT2D eigenvalue weighted by Crippen LogP contribution is 2.07. The Bertz CT molecular complexity index is 206. The first-order valence-corrected chi connectivity index (χ1v) is 2.79. The molecule has 1 heterocycles. The van der Waals surface area contributed by atoms with Gasteiger partial charge in [0, 0.05) is 0 Å². The van der Waals surface area contributed by atoms with Crippen molar-refractivity contribution in [2.24, 2.45) is 5.73 Å². The summed E-state index contributed by atoms with van der Waals surface area (Å²) >= 11 is 0. The van der Waals surface area contributed by atoms with Crippen LogP contribution in [0.2, 0.25) is 0 Å². The average molecular weight is 161 g/mol. The zero-order valence-electron chi connectivity index (χ0n) is 5.39. The lowest BCUT2D eigenvalue weighted by Gasteiger charge is -2.13. The fourth-order valence-electron chi connectivity index (χ4n) is 0.762. The molecule has 1 aliphatic heterocycles. The summed E-state index contributed by atoms with van der Waals surface area (Å²) in [5.41, 5.74) is 4.70. The molecule has 5 N–H and O–H groups in total. The molecule has 4 amide bonds. The van der Waals surface area contributed by atoms with Crippen LogP contribution in [-0.2, 0) is 0 Å². The van der Waals surface area contributed by atoms with Gasteiger partial charge < -0.3 is 21.3 Å². The van der Waals surface area contributed by atoms with Gasteiger partial charge in [-0.2, -0.15) is 0 Å². The van der Waals surface area contributed by atoms with Crippen LogP contribution in [0.4, 0.5) is 9.59 Å². The molecule has 1 rings (SSSR count). The Kier molecular flexibility index (Phi) is 1.67. The molecule has 0 radical (unpaired) electrons. The van der Waals surface area contributed by atoms with E-state index < -0.39 is 24.5 Å². The van der Waals surface area contributed by atoms with Crippen molar-refractivity contribution in [3.05, 3.63) is 0 Å². The molecule has 0 saturated carbocycles. The SMILES string of the molecule is NC(=O)N1C(=O)N[C@@H](O)[C@H]1O. The van der Waals surface area contributed by atoms with Crippen LogP contribution >= 0.6 is 0 Å². The van der Waals surface area contributed by atoms with E-state index >= 15 is 0 Å². The van der Waals surface area contributed by atoms with E-state index in [2.05, 4.69) is 0 Å². The third kappa shape index (κ3) is 1.10. The van der Waals surface area contributed by atoms with Crippen molar-refractivity contribution < 1.29 is 19.8 Å². The first-order valence-electron chi connectivity index (χ1n) is 2.79. The summed E-state index contributed by atoms with van der Waals surface area (Å²) in [5.74, 6) is 0. The van der Waals surface area contributed by atoms with Gasteiger partial charge in [0.05, 0.1) is 0 Å². The van der Waals surface area contributed by atoms with Gasteiger partial charge in [-0.15, -0.1) is 0 Å². The Balaban J connectivity index is 2.79. The largest absolute Gasteiger partial charge is 0.369 e. The van der Waals surface area contributed by atoms with Crippen LogP contribution in [0.15, 0.2) is 0 Å². The van der Waals surface area contributed by atoms with Crippen molar-refractivity contribution in [2.75, 3.05) is 0 Å². The quantitative estimate of drug-likeness (QED) is 0.320. The summed E-state index contributed by atoms with van der Waals surface area (Å²) in [6, 6.07) is -2.01. The van der Waals surface area contributed by atoms with Crippen molar-refractivity contribution in [2.45, 2.75) is 12.5 Å². The molecule has 0 bridgehead atoms. The maximum Gasteiger partial charge on any atom is 0.330 e. The number of nitrogens with one attached hydrogen (secondary N) is 1. The fraction of sp³-hybridized carbons (Fsp3) is 0.500. The monoisotopic (exact) mass is 161 g/mol. The molecule has 62 valence electrons. The lowest BCUT2D eigenvalue weighted by Crippen LogP contribution is -2.44. The number of imide groups is 1. The van der Waals surface area contributed by atoms with Crippen LogP contribution in [0, 0.1) is 0 Å². The Morgan fingerprint density at radius 3 is 2.36 bits per heavy atom. The van der Waals surface area contributed by atoms with Crippen molar-refractivity contribution in [1.82, 2.24) is 10.2 Å². The summed E-state index contributed by atoms with van der Waals surface area (Å²) in [6.45, 7) is 0. The Morgan fingerprint density at radius 1 is 1.64 bits per heavy atom. The second kappa shape index (κ2) is 2.36. The van der Waals surface area contributed by atoms with Crippen LogP contribution in [-0.4, -0.2) is 39.6 Å². The molecule has 11 heavy (non-hydrogen) atoms. The van der Waals surface area contributed by atoms with Gasteiger partial charge in [0.15, 0.2) is 12.5 Å². The molecular weight excluding hydrogens is 154 g/mol. The van der Waals surface area contributed by atoms with Crippen LogP contribution in [0.3, 0.4) is 0 Å². The molecule has 7 heteroatoms. The lowest BCUT2D eigenvalue weighted by molar-refractivity contribution is -0.0185. The minimum Gasteiger partial charge on any atom is -0.369 e. The maximum absolute atomic E-state index is 10.6. The minimum absolute atomic E-state index is 0.324. The van der Waals surface area contributed by atoms with Crippen LogP contribution in [0.1, 0.15) is 0 Å². The molecule has 7 nitrogen and oxygen atoms in total. The van der Waals surface area contributed by atoms with Crippen molar-refractivity contribution in [3.8, 4) is 0 Å². The van der Waals surface area contributed by atoms with Gasteiger partial charge in [0.25, 0.3) is 0 Å². The molecule has 0 aromatic carbocycles. The molecule has 0 aliphatic carbocycles. The van der Waals surface area contributed by atoms with E-state index in [0.29, 0.717) is 4.90 Å². The number of rotatable bonds is 0. The topological polar surface area (TPSA) is 116 Å². The van der Waals surface area contributed by atoms with E-state index in [1.807, 2.05) is 5.32 Å². The number of hydrogen-bond donors (Lipinski definition) is 4. The Labute approximate surface area is 61.4 Å². The summed E-state index contributed by atoms with van der Waals surface area (Å²) in [7, 11) is 0. The first-order chi connectivity index (χ1) is 5.04. The van der Waals surface area contributed by atoms with E-state index in [9.17, 15) is 9.59 Å². The predicted octanol–water partition coefficient (Wildman–Crippen LogP) is -2.27. The molecule has 1 saturated heterocycles. The van der Waals surface area contributed by atoms with Crippen molar-refractivity contribution >= 4 is 12.1 Å². The van der Waals surface area contributed by atoms with Crippen LogP contribution < -0.4 is 11.1 Å². The Hall–Kier alpha value is -1.34. The number of nitrogens with two attached hydrogens (primary N) is 1. The molecule has 0 spiro atoms. The number of aliphatic hydroxyl groups is 2. The average Bonchev–Trinajstić information content (AvgIpc) is 2.07. The second-order valence-corrected chi connectivity index (χ2v) is 2.02.